The molecule has 2 rings (SSSR count). The largest absolute Gasteiger partial charge is 0.317 e. The van der Waals surface area contributed by atoms with Crippen LogP contribution in [0.15, 0.2) is 5.38 Å². The van der Waals surface area contributed by atoms with Crippen LogP contribution in [0.5, 0.6) is 0 Å². The van der Waals surface area contributed by atoms with Gasteiger partial charge in [0.15, 0.2) is 0 Å². The van der Waals surface area contributed by atoms with E-state index in [2.05, 4.69) is 36.5 Å². The lowest BCUT2D eigenvalue weighted by molar-refractivity contribution is 0.144. The van der Waals surface area contributed by atoms with Crippen molar-refractivity contribution in [2.75, 3.05) is 13.1 Å². The van der Waals surface area contributed by atoms with Crippen molar-refractivity contribution < 1.29 is 4.39 Å². The number of halogens is 1. The van der Waals surface area contributed by atoms with Crippen molar-refractivity contribution in [3.63, 3.8) is 0 Å². The fraction of sp³-hybridized carbons (Fsp3) is 0.786. The lowest BCUT2D eigenvalue weighted by Gasteiger charge is -2.22. The Kier molecular flexibility index (Phi) is 4.07. The molecule has 0 spiro atoms. The summed E-state index contributed by atoms with van der Waals surface area (Å²) in [5.74, 6) is 0. The predicted molar refractivity (Wildman–Crippen MR) is 75.1 cm³/mol. The highest BCUT2D eigenvalue weighted by Gasteiger charge is 2.32. The van der Waals surface area contributed by atoms with Crippen molar-refractivity contribution >= 4 is 11.3 Å². The maximum Gasteiger partial charge on any atom is 0.118 e. The number of hydrogen-bond acceptors (Lipinski definition) is 3. The smallest absolute Gasteiger partial charge is 0.118 e. The van der Waals surface area contributed by atoms with Crippen molar-refractivity contribution in [3.8, 4) is 0 Å². The van der Waals surface area contributed by atoms with Crippen molar-refractivity contribution in [1.29, 1.82) is 0 Å². The minimum Gasteiger partial charge on any atom is -0.317 e. The molecule has 0 amide bonds. The number of hydrogen-bond donors (Lipinski definition) is 1. The van der Waals surface area contributed by atoms with Gasteiger partial charge >= 0.3 is 0 Å². The van der Waals surface area contributed by atoms with Crippen molar-refractivity contribution in [2.24, 2.45) is 0 Å². The molecule has 2 nitrogen and oxygen atoms in total. The molecule has 18 heavy (non-hydrogen) atoms. The van der Waals surface area contributed by atoms with E-state index in [9.17, 15) is 4.39 Å². The van der Waals surface area contributed by atoms with E-state index in [4.69, 9.17) is 0 Å². The zero-order valence-corrected chi connectivity index (χ0v) is 12.4. The second kappa shape index (κ2) is 5.25. The van der Waals surface area contributed by atoms with Gasteiger partial charge in [-0.05, 0) is 32.4 Å². The Morgan fingerprint density at radius 2 is 2.17 bits per heavy atom. The molecule has 0 bridgehead atoms. The summed E-state index contributed by atoms with van der Waals surface area (Å²) in [7, 11) is 0. The van der Waals surface area contributed by atoms with Gasteiger partial charge in [-0.25, -0.2) is 9.37 Å². The zero-order chi connectivity index (χ0) is 13.2. The van der Waals surface area contributed by atoms with Crippen LogP contribution in [0.2, 0.25) is 0 Å². The standard InChI is InChI=1S/C14H23FN2S/c1-13(2,3)11-10-18-12(17-11)9-14(15)5-4-7-16-8-6-14/h10,16H,4-9H2,1-3H3. The summed E-state index contributed by atoms with van der Waals surface area (Å²) < 4.78 is 14.8. The van der Waals surface area contributed by atoms with Crippen LogP contribution in [-0.4, -0.2) is 23.7 Å². The first-order valence-electron chi connectivity index (χ1n) is 6.74. The Hall–Kier alpha value is -0.480. The third-order valence-corrected chi connectivity index (χ3v) is 4.37. The first kappa shape index (κ1) is 13.9. The number of thiazole rings is 1. The fourth-order valence-electron chi connectivity index (χ4n) is 2.28. The van der Waals surface area contributed by atoms with Gasteiger partial charge in [0.05, 0.1) is 10.7 Å². The molecule has 1 fully saturated rings. The van der Waals surface area contributed by atoms with Crippen LogP contribution in [0.4, 0.5) is 4.39 Å². The van der Waals surface area contributed by atoms with E-state index < -0.39 is 5.67 Å². The Bertz CT molecular complexity index is 387. The van der Waals surface area contributed by atoms with Gasteiger partial charge < -0.3 is 5.32 Å². The van der Waals surface area contributed by atoms with Gasteiger partial charge in [0.1, 0.15) is 5.67 Å². The molecule has 1 saturated heterocycles. The number of nitrogens with one attached hydrogen (secondary N) is 1. The third-order valence-electron chi connectivity index (χ3n) is 3.52. The second-order valence-corrected chi connectivity index (χ2v) is 7.25. The molecule has 0 aromatic carbocycles. The first-order chi connectivity index (χ1) is 8.39. The van der Waals surface area contributed by atoms with Crippen LogP contribution in [-0.2, 0) is 11.8 Å². The predicted octanol–water partition coefficient (Wildman–Crippen LogP) is 3.46. The molecule has 1 aliphatic rings. The quantitative estimate of drug-likeness (QED) is 0.890. The number of rotatable bonds is 2. The summed E-state index contributed by atoms with van der Waals surface area (Å²) in [4.78, 5) is 4.61. The average molecular weight is 270 g/mol. The number of aromatic nitrogens is 1. The van der Waals surface area contributed by atoms with E-state index in [1.807, 2.05) is 0 Å². The SMILES string of the molecule is CC(C)(C)c1csc(CC2(F)CCCNCC2)n1. The molecule has 2 heterocycles. The molecule has 0 saturated carbocycles. The van der Waals surface area contributed by atoms with Gasteiger partial charge in [0.25, 0.3) is 0 Å². The molecule has 1 N–H and O–H groups in total. The van der Waals surface area contributed by atoms with Crippen molar-refractivity contribution in [3.05, 3.63) is 16.1 Å². The zero-order valence-electron chi connectivity index (χ0n) is 11.6. The molecule has 102 valence electrons. The highest BCUT2D eigenvalue weighted by atomic mass is 32.1. The summed E-state index contributed by atoms with van der Waals surface area (Å²) in [6, 6.07) is 0. The second-order valence-electron chi connectivity index (χ2n) is 6.31. The minimum atomic E-state index is -1.06. The van der Waals surface area contributed by atoms with Gasteiger partial charge in [-0.2, -0.15) is 0 Å². The van der Waals surface area contributed by atoms with E-state index in [0.29, 0.717) is 19.3 Å². The first-order valence-corrected chi connectivity index (χ1v) is 7.62. The van der Waals surface area contributed by atoms with Crippen LogP contribution >= 0.6 is 11.3 Å². The summed E-state index contributed by atoms with van der Waals surface area (Å²) >= 11 is 1.60. The van der Waals surface area contributed by atoms with E-state index >= 15 is 0 Å². The van der Waals surface area contributed by atoms with E-state index in [1.165, 1.54) is 0 Å². The van der Waals surface area contributed by atoms with E-state index in [0.717, 1.165) is 30.2 Å². The summed E-state index contributed by atoms with van der Waals surface area (Å²) in [5, 5.41) is 6.29. The van der Waals surface area contributed by atoms with Crippen LogP contribution in [0.3, 0.4) is 0 Å². The Labute approximate surface area is 113 Å². The van der Waals surface area contributed by atoms with Crippen LogP contribution in [0, 0.1) is 0 Å². The molecular formula is C14H23FN2S. The van der Waals surface area contributed by atoms with Gasteiger partial charge in [0, 0.05) is 17.2 Å². The fourth-order valence-corrected chi connectivity index (χ4v) is 3.42. The lowest BCUT2D eigenvalue weighted by atomic mass is 9.92. The van der Waals surface area contributed by atoms with E-state index in [1.54, 1.807) is 11.3 Å². The Morgan fingerprint density at radius 3 is 2.83 bits per heavy atom. The molecule has 1 atom stereocenters. The highest BCUT2D eigenvalue weighted by Crippen LogP contribution is 2.31. The lowest BCUT2D eigenvalue weighted by Crippen LogP contribution is -2.27. The Morgan fingerprint density at radius 1 is 1.39 bits per heavy atom. The van der Waals surface area contributed by atoms with Crippen LogP contribution in [0.25, 0.3) is 0 Å². The number of nitrogens with zero attached hydrogens (tertiary/aromatic N) is 1. The molecular weight excluding hydrogens is 247 g/mol. The molecule has 1 aromatic heterocycles. The van der Waals surface area contributed by atoms with Gasteiger partial charge in [-0.1, -0.05) is 20.8 Å². The maximum absolute atomic E-state index is 14.8. The molecule has 1 aliphatic heterocycles. The highest BCUT2D eigenvalue weighted by molar-refractivity contribution is 7.09. The van der Waals surface area contributed by atoms with Gasteiger partial charge in [0.2, 0.25) is 0 Å². The minimum absolute atomic E-state index is 0.0588. The summed E-state index contributed by atoms with van der Waals surface area (Å²) in [6.45, 7) is 8.16. The monoisotopic (exact) mass is 270 g/mol. The third kappa shape index (κ3) is 3.51. The summed E-state index contributed by atoms with van der Waals surface area (Å²) in [5.41, 5.74) is 0.0811. The van der Waals surface area contributed by atoms with Gasteiger partial charge in [-0.15, -0.1) is 11.3 Å². The number of alkyl halides is 1. The van der Waals surface area contributed by atoms with Crippen molar-refractivity contribution in [2.45, 2.75) is 57.5 Å². The topological polar surface area (TPSA) is 24.9 Å². The Balaban J connectivity index is 2.06. The van der Waals surface area contributed by atoms with E-state index in [-0.39, 0.29) is 5.41 Å². The molecule has 4 heteroatoms. The maximum atomic E-state index is 14.8. The van der Waals surface area contributed by atoms with Gasteiger partial charge in [-0.3, -0.25) is 0 Å². The molecule has 0 aliphatic carbocycles. The normalized spacial score (nSPS) is 26.0. The molecule has 1 aromatic rings. The van der Waals surface area contributed by atoms with Crippen LogP contribution < -0.4 is 5.32 Å². The average Bonchev–Trinajstić information content (AvgIpc) is 2.61. The van der Waals surface area contributed by atoms with Crippen molar-refractivity contribution in [1.82, 2.24) is 10.3 Å². The summed E-state index contributed by atoms with van der Waals surface area (Å²) in [6.07, 6.45) is 2.67. The molecule has 0 radical (unpaired) electrons. The molecule has 1 unspecified atom stereocenters. The van der Waals surface area contributed by atoms with Crippen LogP contribution in [0.1, 0.15) is 50.7 Å².